The summed E-state index contributed by atoms with van der Waals surface area (Å²) >= 11 is 0. The second kappa shape index (κ2) is 5.27. The van der Waals surface area contributed by atoms with Gasteiger partial charge in [-0.1, -0.05) is 0 Å². The smallest absolute Gasteiger partial charge is 0.142 e. The molecule has 0 spiro atoms. The van der Waals surface area contributed by atoms with Gasteiger partial charge in [0.15, 0.2) is 0 Å². The first kappa shape index (κ1) is 12.9. The molecule has 16 heavy (non-hydrogen) atoms. The fraction of sp³-hybridized carbons (Fsp3) is 0.583. The van der Waals surface area contributed by atoms with E-state index in [0.717, 1.165) is 5.69 Å². The summed E-state index contributed by atoms with van der Waals surface area (Å²) in [4.78, 5) is 4.27. The van der Waals surface area contributed by atoms with Crippen LogP contribution in [0.1, 0.15) is 32.5 Å². The molecule has 1 aromatic rings. The summed E-state index contributed by atoms with van der Waals surface area (Å²) in [6.45, 7) is 6.48. The van der Waals surface area contributed by atoms with Gasteiger partial charge in [0.05, 0.1) is 18.8 Å². The highest BCUT2D eigenvalue weighted by Gasteiger charge is 2.31. The molecule has 0 saturated heterocycles. The maximum Gasteiger partial charge on any atom is 0.142 e. The summed E-state index contributed by atoms with van der Waals surface area (Å²) in [5.41, 5.74) is 6.43. The van der Waals surface area contributed by atoms with Crippen LogP contribution in [0, 0.1) is 0 Å². The lowest BCUT2D eigenvalue weighted by molar-refractivity contribution is -0.0311. The second-order valence-corrected chi connectivity index (χ2v) is 4.11. The van der Waals surface area contributed by atoms with Crippen LogP contribution in [0.3, 0.4) is 0 Å². The standard InChI is InChI=1S/C12H20N2O2/c1-5-16-12(2,3)11(13)10-9(15-4)7-6-8-14-10/h6-8,11H,5,13H2,1-4H3. The third kappa shape index (κ3) is 2.71. The zero-order valence-corrected chi connectivity index (χ0v) is 10.4. The third-order valence-corrected chi connectivity index (χ3v) is 2.58. The topological polar surface area (TPSA) is 57.4 Å². The maximum absolute atomic E-state index is 6.17. The molecule has 0 fully saturated rings. The number of hydrogen-bond acceptors (Lipinski definition) is 4. The van der Waals surface area contributed by atoms with Gasteiger partial charge in [0.2, 0.25) is 0 Å². The number of pyridine rings is 1. The van der Waals surface area contributed by atoms with Crippen molar-refractivity contribution >= 4 is 0 Å². The van der Waals surface area contributed by atoms with Crippen LogP contribution in [0.2, 0.25) is 0 Å². The lowest BCUT2D eigenvalue weighted by Gasteiger charge is -2.31. The number of ether oxygens (including phenoxy) is 2. The van der Waals surface area contributed by atoms with E-state index in [1.54, 1.807) is 13.3 Å². The van der Waals surface area contributed by atoms with E-state index in [4.69, 9.17) is 15.2 Å². The van der Waals surface area contributed by atoms with Crippen LogP contribution in [0.5, 0.6) is 5.75 Å². The van der Waals surface area contributed by atoms with E-state index >= 15 is 0 Å². The molecule has 90 valence electrons. The van der Waals surface area contributed by atoms with Crippen molar-refractivity contribution in [3.05, 3.63) is 24.0 Å². The van der Waals surface area contributed by atoms with Crippen molar-refractivity contribution in [1.82, 2.24) is 4.98 Å². The summed E-state index contributed by atoms with van der Waals surface area (Å²) in [7, 11) is 1.61. The molecule has 0 aliphatic heterocycles. The van der Waals surface area contributed by atoms with Gasteiger partial charge in [-0.25, -0.2) is 0 Å². The zero-order valence-electron chi connectivity index (χ0n) is 10.4. The Kier molecular flexibility index (Phi) is 4.26. The highest BCUT2D eigenvalue weighted by molar-refractivity contribution is 5.30. The number of nitrogens with zero attached hydrogens (tertiary/aromatic N) is 1. The van der Waals surface area contributed by atoms with Crippen molar-refractivity contribution in [2.24, 2.45) is 5.73 Å². The highest BCUT2D eigenvalue weighted by Crippen LogP contribution is 2.30. The molecule has 0 aromatic carbocycles. The van der Waals surface area contributed by atoms with E-state index < -0.39 is 5.60 Å². The van der Waals surface area contributed by atoms with Crippen molar-refractivity contribution in [3.8, 4) is 5.75 Å². The molecule has 4 heteroatoms. The number of nitrogens with two attached hydrogens (primary N) is 1. The molecule has 1 rings (SSSR count). The predicted molar refractivity (Wildman–Crippen MR) is 63.4 cm³/mol. The van der Waals surface area contributed by atoms with Crippen LogP contribution in [0.15, 0.2) is 18.3 Å². The maximum atomic E-state index is 6.17. The van der Waals surface area contributed by atoms with Gasteiger partial charge in [-0.2, -0.15) is 0 Å². The van der Waals surface area contributed by atoms with E-state index in [0.29, 0.717) is 12.4 Å². The largest absolute Gasteiger partial charge is 0.495 e. The van der Waals surface area contributed by atoms with Crippen LogP contribution < -0.4 is 10.5 Å². The molecule has 0 aliphatic carbocycles. The lowest BCUT2D eigenvalue weighted by atomic mass is 9.95. The number of aromatic nitrogens is 1. The van der Waals surface area contributed by atoms with E-state index in [-0.39, 0.29) is 6.04 Å². The molecule has 4 nitrogen and oxygen atoms in total. The lowest BCUT2D eigenvalue weighted by Crippen LogP contribution is -2.38. The van der Waals surface area contributed by atoms with Crippen molar-refractivity contribution in [3.63, 3.8) is 0 Å². The molecular weight excluding hydrogens is 204 g/mol. The average molecular weight is 224 g/mol. The van der Waals surface area contributed by atoms with Crippen molar-refractivity contribution in [1.29, 1.82) is 0 Å². The van der Waals surface area contributed by atoms with Crippen molar-refractivity contribution in [2.45, 2.75) is 32.4 Å². The van der Waals surface area contributed by atoms with E-state index in [1.165, 1.54) is 0 Å². The Morgan fingerprint density at radius 1 is 1.50 bits per heavy atom. The van der Waals surface area contributed by atoms with E-state index in [9.17, 15) is 0 Å². The van der Waals surface area contributed by atoms with Crippen molar-refractivity contribution in [2.75, 3.05) is 13.7 Å². The molecule has 1 aromatic heterocycles. The Bertz CT molecular complexity index is 340. The Balaban J connectivity index is 2.99. The third-order valence-electron chi connectivity index (χ3n) is 2.58. The van der Waals surface area contributed by atoms with Gasteiger partial charge in [-0.05, 0) is 32.9 Å². The minimum Gasteiger partial charge on any atom is -0.495 e. The van der Waals surface area contributed by atoms with Crippen LogP contribution >= 0.6 is 0 Å². The number of methoxy groups -OCH3 is 1. The summed E-state index contributed by atoms with van der Waals surface area (Å²) < 4.78 is 10.9. The molecular formula is C12H20N2O2. The molecule has 0 radical (unpaired) electrons. The van der Waals surface area contributed by atoms with E-state index in [1.807, 2.05) is 32.9 Å². The van der Waals surface area contributed by atoms with Gasteiger partial charge < -0.3 is 15.2 Å². The minimum atomic E-state index is -0.462. The van der Waals surface area contributed by atoms with Gasteiger partial charge in [0.25, 0.3) is 0 Å². The SMILES string of the molecule is CCOC(C)(C)C(N)c1ncccc1OC. The van der Waals surface area contributed by atoms with Gasteiger partial charge >= 0.3 is 0 Å². The van der Waals surface area contributed by atoms with Crippen LogP contribution in [-0.4, -0.2) is 24.3 Å². The first-order valence-electron chi connectivity index (χ1n) is 5.41. The first-order chi connectivity index (χ1) is 7.53. The Hall–Kier alpha value is -1.13. The minimum absolute atomic E-state index is 0.316. The molecule has 0 bridgehead atoms. The Morgan fingerprint density at radius 2 is 2.19 bits per heavy atom. The Morgan fingerprint density at radius 3 is 2.75 bits per heavy atom. The van der Waals surface area contributed by atoms with Gasteiger partial charge in [0, 0.05) is 12.8 Å². The highest BCUT2D eigenvalue weighted by atomic mass is 16.5. The normalized spacial score (nSPS) is 13.6. The summed E-state index contributed by atoms with van der Waals surface area (Å²) in [5, 5.41) is 0. The zero-order chi connectivity index (χ0) is 12.2. The number of hydrogen-bond donors (Lipinski definition) is 1. The van der Waals surface area contributed by atoms with Crippen LogP contribution in [0.25, 0.3) is 0 Å². The quantitative estimate of drug-likeness (QED) is 0.830. The van der Waals surface area contributed by atoms with Crippen molar-refractivity contribution < 1.29 is 9.47 Å². The molecule has 0 aliphatic rings. The molecule has 0 saturated carbocycles. The molecule has 0 amide bonds. The van der Waals surface area contributed by atoms with Crippen LogP contribution in [0.4, 0.5) is 0 Å². The van der Waals surface area contributed by atoms with Crippen LogP contribution in [-0.2, 0) is 4.74 Å². The van der Waals surface area contributed by atoms with Gasteiger partial charge in [0.1, 0.15) is 11.4 Å². The molecule has 1 atom stereocenters. The average Bonchev–Trinajstić information content (AvgIpc) is 2.28. The van der Waals surface area contributed by atoms with Gasteiger partial charge in [-0.3, -0.25) is 4.98 Å². The number of rotatable bonds is 5. The van der Waals surface area contributed by atoms with E-state index in [2.05, 4.69) is 4.98 Å². The Labute approximate surface area is 96.8 Å². The monoisotopic (exact) mass is 224 g/mol. The summed E-state index contributed by atoms with van der Waals surface area (Å²) in [6.07, 6.45) is 1.71. The fourth-order valence-corrected chi connectivity index (χ4v) is 1.60. The fourth-order valence-electron chi connectivity index (χ4n) is 1.60. The summed E-state index contributed by atoms with van der Waals surface area (Å²) in [5.74, 6) is 0.697. The molecule has 1 unspecified atom stereocenters. The second-order valence-electron chi connectivity index (χ2n) is 4.11. The summed E-state index contributed by atoms with van der Waals surface area (Å²) in [6, 6.07) is 3.36. The molecule has 2 N–H and O–H groups in total. The predicted octanol–water partition coefficient (Wildman–Crippen LogP) is 1.91. The van der Waals surface area contributed by atoms with Gasteiger partial charge in [-0.15, -0.1) is 0 Å². The first-order valence-corrected chi connectivity index (χ1v) is 5.41. The molecule has 1 heterocycles.